The van der Waals surface area contributed by atoms with Gasteiger partial charge in [0.15, 0.2) is 5.82 Å². The van der Waals surface area contributed by atoms with Crippen LogP contribution in [0.1, 0.15) is 42.7 Å². The Labute approximate surface area is 143 Å². The van der Waals surface area contributed by atoms with E-state index in [9.17, 15) is 0 Å². The van der Waals surface area contributed by atoms with Gasteiger partial charge in [-0.15, -0.1) is 10.2 Å². The molecule has 0 aliphatic carbocycles. The van der Waals surface area contributed by atoms with Crippen LogP contribution in [0, 0.1) is 6.92 Å². The summed E-state index contributed by atoms with van der Waals surface area (Å²) >= 11 is 0. The maximum absolute atomic E-state index is 5.14. The largest absolute Gasteiger partial charge is 0.385 e. The van der Waals surface area contributed by atoms with E-state index in [2.05, 4.69) is 36.3 Å². The molecule has 0 spiro atoms. The molecule has 0 unspecified atom stereocenters. The Kier molecular flexibility index (Phi) is 5.63. The molecule has 7 heteroatoms. The van der Waals surface area contributed by atoms with Gasteiger partial charge in [-0.25, -0.2) is 4.98 Å². The van der Waals surface area contributed by atoms with Crippen LogP contribution in [-0.4, -0.2) is 62.6 Å². The first-order valence-electron chi connectivity index (χ1n) is 8.76. The topological polar surface area (TPSA) is 61.0 Å². The SMILES string of the molecule is COCCCN1CCC(c2nnc(Cn3ccnc3C)n2C)CC1. The highest BCUT2D eigenvalue weighted by Crippen LogP contribution is 2.27. The molecule has 1 fully saturated rings. The summed E-state index contributed by atoms with van der Waals surface area (Å²) in [5.41, 5.74) is 0. The predicted octanol–water partition coefficient (Wildman–Crippen LogP) is 1.58. The zero-order valence-electron chi connectivity index (χ0n) is 15.0. The standard InChI is InChI=1S/C17H28N6O/c1-14-18-7-11-23(14)13-16-19-20-17(21(16)2)15-5-9-22(10-6-15)8-4-12-24-3/h7,11,15H,4-6,8-10,12-13H2,1-3H3. The van der Waals surface area contributed by atoms with Crippen molar-refractivity contribution in [3.8, 4) is 0 Å². The fourth-order valence-corrected chi connectivity index (χ4v) is 3.44. The van der Waals surface area contributed by atoms with Gasteiger partial charge in [-0.2, -0.15) is 0 Å². The Hall–Kier alpha value is -1.73. The van der Waals surface area contributed by atoms with Crippen molar-refractivity contribution in [3.05, 3.63) is 29.9 Å². The van der Waals surface area contributed by atoms with Gasteiger partial charge in [0.1, 0.15) is 11.6 Å². The summed E-state index contributed by atoms with van der Waals surface area (Å²) in [5, 5.41) is 8.91. The van der Waals surface area contributed by atoms with Gasteiger partial charge in [-0.1, -0.05) is 0 Å². The summed E-state index contributed by atoms with van der Waals surface area (Å²) < 4.78 is 9.41. The molecule has 1 saturated heterocycles. The van der Waals surface area contributed by atoms with E-state index in [-0.39, 0.29) is 0 Å². The number of aromatic nitrogens is 5. The molecule has 3 rings (SSSR count). The molecular formula is C17H28N6O. The van der Waals surface area contributed by atoms with Crippen LogP contribution >= 0.6 is 0 Å². The fourth-order valence-electron chi connectivity index (χ4n) is 3.44. The average Bonchev–Trinajstić information content (AvgIpc) is 3.16. The Morgan fingerprint density at radius 1 is 1.25 bits per heavy atom. The van der Waals surface area contributed by atoms with Crippen molar-refractivity contribution in [1.29, 1.82) is 0 Å². The Morgan fingerprint density at radius 3 is 2.71 bits per heavy atom. The van der Waals surface area contributed by atoms with Gasteiger partial charge in [0.2, 0.25) is 0 Å². The lowest BCUT2D eigenvalue weighted by molar-refractivity contribution is 0.156. The number of methoxy groups -OCH3 is 1. The van der Waals surface area contributed by atoms with Crippen LogP contribution in [0.4, 0.5) is 0 Å². The van der Waals surface area contributed by atoms with E-state index in [0.717, 1.165) is 69.5 Å². The number of nitrogens with zero attached hydrogens (tertiary/aromatic N) is 6. The van der Waals surface area contributed by atoms with Crippen LogP contribution in [0.25, 0.3) is 0 Å². The molecule has 3 heterocycles. The van der Waals surface area contributed by atoms with Gasteiger partial charge in [0, 0.05) is 45.6 Å². The first-order chi connectivity index (χ1) is 11.7. The van der Waals surface area contributed by atoms with Crippen LogP contribution in [0.2, 0.25) is 0 Å². The van der Waals surface area contributed by atoms with Crippen molar-refractivity contribution in [3.63, 3.8) is 0 Å². The number of hydrogen-bond donors (Lipinski definition) is 0. The van der Waals surface area contributed by atoms with Crippen molar-refractivity contribution in [1.82, 2.24) is 29.2 Å². The van der Waals surface area contributed by atoms with Crippen LogP contribution < -0.4 is 0 Å². The van der Waals surface area contributed by atoms with Crippen molar-refractivity contribution in [2.75, 3.05) is 33.4 Å². The van der Waals surface area contributed by atoms with Crippen molar-refractivity contribution < 1.29 is 4.74 Å². The van der Waals surface area contributed by atoms with E-state index in [1.54, 1.807) is 7.11 Å². The first-order valence-corrected chi connectivity index (χ1v) is 8.76. The maximum Gasteiger partial charge on any atom is 0.152 e. The van der Waals surface area contributed by atoms with E-state index in [1.165, 1.54) is 0 Å². The molecule has 2 aromatic rings. The van der Waals surface area contributed by atoms with E-state index >= 15 is 0 Å². The molecule has 2 aromatic heterocycles. The van der Waals surface area contributed by atoms with Crippen LogP contribution in [-0.2, 0) is 18.3 Å². The second kappa shape index (κ2) is 7.90. The first kappa shape index (κ1) is 17.1. The van der Waals surface area contributed by atoms with Crippen LogP contribution in [0.15, 0.2) is 12.4 Å². The summed E-state index contributed by atoms with van der Waals surface area (Å²) in [5.74, 6) is 3.63. The quantitative estimate of drug-likeness (QED) is 0.721. The summed E-state index contributed by atoms with van der Waals surface area (Å²) in [6.45, 7) is 6.99. The second-order valence-corrected chi connectivity index (χ2v) is 6.60. The normalized spacial score (nSPS) is 16.8. The van der Waals surface area contributed by atoms with Gasteiger partial charge in [0.05, 0.1) is 6.54 Å². The van der Waals surface area contributed by atoms with Crippen LogP contribution in [0.3, 0.4) is 0 Å². The molecule has 1 aliphatic rings. The number of hydrogen-bond acceptors (Lipinski definition) is 5. The summed E-state index contributed by atoms with van der Waals surface area (Å²) in [6, 6.07) is 0. The zero-order chi connectivity index (χ0) is 16.9. The zero-order valence-corrected chi connectivity index (χ0v) is 15.0. The number of imidazole rings is 1. The van der Waals surface area contributed by atoms with E-state index in [4.69, 9.17) is 4.74 Å². The van der Waals surface area contributed by atoms with Gasteiger partial charge < -0.3 is 18.8 Å². The fraction of sp³-hybridized carbons (Fsp3) is 0.706. The highest BCUT2D eigenvalue weighted by molar-refractivity contribution is 5.05. The molecule has 0 bridgehead atoms. The third-order valence-corrected chi connectivity index (χ3v) is 5.01. The smallest absolute Gasteiger partial charge is 0.152 e. The minimum Gasteiger partial charge on any atom is -0.385 e. The molecule has 0 radical (unpaired) electrons. The lowest BCUT2D eigenvalue weighted by Gasteiger charge is -2.31. The minimum absolute atomic E-state index is 0.513. The Bertz CT molecular complexity index is 641. The van der Waals surface area contributed by atoms with E-state index in [0.29, 0.717) is 5.92 Å². The molecule has 24 heavy (non-hydrogen) atoms. The molecule has 132 valence electrons. The lowest BCUT2D eigenvalue weighted by Crippen LogP contribution is -2.34. The highest BCUT2D eigenvalue weighted by Gasteiger charge is 2.25. The monoisotopic (exact) mass is 332 g/mol. The molecule has 0 atom stereocenters. The Balaban J connectivity index is 1.57. The third-order valence-electron chi connectivity index (χ3n) is 5.01. The number of piperidine rings is 1. The van der Waals surface area contributed by atoms with Gasteiger partial charge in [-0.05, 0) is 39.3 Å². The van der Waals surface area contributed by atoms with Crippen LogP contribution in [0.5, 0.6) is 0 Å². The molecular weight excluding hydrogens is 304 g/mol. The van der Waals surface area contributed by atoms with Gasteiger partial charge in [0.25, 0.3) is 0 Å². The summed E-state index contributed by atoms with van der Waals surface area (Å²) in [6.07, 6.45) is 7.24. The average molecular weight is 332 g/mol. The second-order valence-electron chi connectivity index (χ2n) is 6.60. The number of likely N-dealkylation sites (tertiary alicyclic amines) is 1. The van der Waals surface area contributed by atoms with Gasteiger partial charge in [-0.3, -0.25) is 0 Å². The van der Waals surface area contributed by atoms with Crippen molar-refractivity contribution in [2.45, 2.75) is 38.6 Å². The van der Waals surface area contributed by atoms with Gasteiger partial charge >= 0.3 is 0 Å². The molecule has 0 saturated carbocycles. The highest BCUT2D eigenvalue weighted by atomic mass is 16.5. The molecule has 7 nitrogen and oxygen atoms in total. The Morgan fingerprint density at radius 2 is 2.04 bits per heavy atom. The number of ether oxygens (including phenoxy) is 1. The maximum atomic E-state index is 5.14. The summed E-state index contributed by atoms with van der Waals surface area (Å²) in [7, 11) is 3.85. The lowest BCUT2D eigenvalue weighted by atomic mass is 9.96. The molecule has 0 amide bonds. The number of rotatable bonds is 7. The van der Waals surface area contributed by atoms with Crippen molar-refractivity contribution >= 4 is 0 Å². The van der Waals surface area contributed by atoms with Crippen molar-refractivity contribution in [2.24, 2.45) is 7.05 Å². The predicted molar refractivity (Wildman–Crippen MR) is 92.0 cm³/mol. The minimum atomic E-state index is 0.513. The number of aryl methyl sites for hydroxylation is 1. The van der Waals surface area contributed by atoms with E-state index in [1.807, 2.05) is 19.3 Å². The summed E-state index contributed by atoms with van der Waals surface area (Å²) in [4.78, 5) is 6.80. The van der Waals surface area contributed by atoms with E-state index < -0.39 is 0 Å². The molecule has 1 aliphatic heterocycles. The molecule has 0 aromatic carbocycles. The third kappa shape index (κ3) is 3.84. The molecule has 0 N–H and O–H groups in total.